The minimum Gasteiger partial charge on any atom is -0.490 e. The van der Waals surface area contributed by atoms with E-state index in [-0.39, 0.29) is 17.9 Å². The number of ether oxygens (including phenoxy) is 2. The summed E-state index contributed by atoms with van der Waals surface area (Å²) < 4.78 is 10.9. The maximum absolute atomic E-state index is 12.5. The van der Waals surface area contributed by atoms with Gasteiger partial charge in [-0.25, -0.2) is 0 Å². The van der Waals surface area contributed by atoms with E-state index in [1.54, 1.807) is 30.1 Å². The quantitative estimate of drug-likeness (QED) is 0.772. The van der Waals surface area contributed by atoms with Crippen molar-refractivity contribution in [2.24, 2.45) is 0 Å². The average molecular weight is 320 g/mol. The summed E-state index contributed by atoms with van der Waals surface area (Å²) in [5.74, 6) is 0.491. The van der Waals surface area contributed by atoms with Crippen molar-refractivity contribution in [3.8, 4) is 5.75 Å². The molecule has 1 heterocycles. The lowest BCUT2D eigenvalue weighted by molar-refractivity contribution is -0.132. The van der Waals surface area contributed by atoms with Crippen LogP contribution in [0.3, 0.4) is 0 Å². The maximum atomic E-state index is 12.5. The first-order valence-electron chi connectivity index (χ1n) is 7.96. The third kappa shape index (κ3) is 4.96. The first kappa shape index (κ1) is 17.3. The fraction of sp³-hybridized carbons (Fsp3) is 0.529. The van der Waals surface area contributed by atoms with Gasteiger partial charge in [0.2, 0.25) is 5.91 Å². The normalized spacial score (nSPS) is 17.9. The Morgan fingerprint density at radius 2 is 2.13 bits per heavy atom. The van der Waals surface area contributed by atoms with Crippen LogP contribution < -0.4 is 10.1 Å². The smallest absolute Gasteiger partial charge is 0.255 e. The Morgan fingerprint density at radius 3 is 2.87 bits per heavy atom. The van der Waals surface area contributed by atoms with Gasteiger partial charge in [0, 0.05) is 32.7 Å². The summed E-state index contributed by atoms with van der Waals surface area (Å²) >= 11 is 0. The van der Waals surface area contributed by atoms with Crippen LogP contribution in [0, 0.1) is 0 Å². The van der Waals surface area contributed by atoms with Gasteiger partial charge < -0.3 is 19.7 Å². The van der Waals surface area contributed by atoms with Crippen LogP contribution in [0.2, 0.25) is 0 Å². The number of nitrogens with zero attached hydrogens (tertiary/aromatic N) is 1. The fourth-order valence-electron chi connectivity index (χ4n) is 2.53. The van der Waals surface area contributed by atoms with Gasteiger partial charge in [0.1, 0.15) is 12.4 Å². The van der Waals surface area contributed by atoms with Gasteiger partial charge in [0.05, 0.1) is 12.2 Å². The summed E-state index contributed by atoms with van der Waals surface area (Å²) in [6.07, 6.45) is 1.14. The number of benzene rings is 1. The molecule has 0 aliphatic carbocycles. The van der Waals surface area contributed by atoms with Gasteiger partial charge in [-0.1, -0.05) is 12.1 Å². The molecular weight excluding hydrogens is 296 g/mol. The predicted octanol–water partition coefficient (Wildman–Crippen LogP) is 1.45. The number of likely N-dealkylation sites (N-methyl/N-ethyl adjacent to an activating group) is 1. The molecule has 2 amide bonds. The number of carbonyl (C=O) groups is 2. The fourth-order valence-corrected chi connectivity index (χ4v) is 2.53. The van der Waals surface area contributed by atoms with E-state index in [9.17, 15) is 9.59 Å². The number of likely N-dealkylation sites (tertiary alicyclic amines) is 1. The van der Waals surface area contributed by atoms with Crippen molar-refractivity contribution in [3.63, 3.8) is 0 Å². The highest BCUT2D eigenvalue weighted by molar-refractivity contribution is 5.97. The molecule has 1 aromatic carbocycles. The molecule has 1 aliphatic heterocycles. The number of nitrogens with one attached hydrogen (secondary N) is 1. The molecule has 0 saturated carbocycles. The molecule has 23 heavy (non-hydrogen) atoms. The van der Waals surface area contributed by atoms with Crippen LogP contribution in [0.1, 0.15) is 30.1 Å². The third-order valence-electron chi connectivity index (χ3n) is 3.78. The van der Waals surface area contributed by atoms with Crippen LogP contribution in [0.15, 0.2) is 24.3 Å². The first-order chi connectivity index (χ1) is 11.1. The van der Waals surface area contributed by atoms with Crippen LogP contribution in [-0.4, -0.2) is 56.2 Å². The van der Waals surface area contributed by atoms with Crippen molar-refractivity contribution < 1.29 is 19.1 Å². The van der Waals surface area contributed by atoms with E-state index in [0.717, 1.165) is 0 Å². The second-order valence-corrected chi connectivity index (χ2v) is 5.52. The highest BCUT2D eigenvalue weighted by Gasteiger charge is 2.25. The molecule has 2 rings (SSSR count). The van der Waals surface area contributed by atoms with Gasteiger partial charge in [-0.2, -0.15) is 0 Å². The summed E-state index contributed by atoms with van der Waals surface area (Å²) in [5.41, 5.74) is 0.503. The monoisotopic (exact) mass is 320 g/mol. The first-order valence-corrected chi connectivity index (χ1v) is 7.96. The minimum atomic E-state index is -0.176. The molecule has 0 radical (unpaired) electrons. The molecule has 0 bridgehead atoms. The molecule has 1 unspecified atom stereocenters. The van der Waals surface area contributed by atoms with Gasteiger partial charge in [0.25, 0.3) is 5.91 Å². The van der Waals surface area contributed by atoms with Gasteiger partial charge >= 0.3 is 0 Å². The lowest BCUT2D eigenvalue weighted by Gasteiger charge is -2.30. The van der Waals surface area contributed by atoms with Crippen molar-refractivity contribution in [3.05, 3.63) is 29.8 Å². The summed E-state index contributed by atoms with van der Waals surface area (Å²) in [4.78, 5) is 25.6. The van der Waals surface area contributed by atoms with E-state index >= 15 is 0 Å². The topological polar surface area (TPSA) is 67.9 Å². The van der Waals surface area contributed by atoms with E-state index in [4.69, 9.17) is 9.47 Å². The molecule has 1 aliphatic rings. The summed E-state index contributed by atoms with van der Waals surface area (Å²) in [5, 5.41) is 2.98. The Labute approximate surface area is 136 Å². The summed E-state index contributed by atoms with van der Waals surface area (Å²) in [6.45, 7) is 3.99. The number of para-hydroxylation sites is 1. The van der Waals surface area contributed by atoms with Gasteiger partial charge in [-0.3, -0.25) is 9.59 Å². The SMILES string of the molecule is CCOCCOc1ccccc1C(=O)NC1CCC(=O)N(C)C1. The lowest BCUT2D eigenvalue weighted by Crippen LogP contribution is -2.48. The Kier molecular flexibility index (Phi) is 6.40. The Hall–Kier alpha value is -2.08. The Bertz CT molecular complexity index is 547. The average Bonchev–Trinajstić information content (AvgIpc) is 2.55. The second kappa shape index (κ2) is 8.53. The number of piperidine rings is 1. The number of carbonyl (C=O) groups excluding carboxylic acids is 2. The molecule has 1 fully saturated rings. The predicted molar refractivity (Wildman–Crippen MR) is 86.6 cm³/mol. The second-order valence-electron chi connectivity index (χ2n) is 5.52. The van der Waals surface area contributed by atoms with Crippen LogP contribution in [0.25, 0.3) is 0 Å². The molecule has 0 spiro atoms. The van der Waals surface area contributed by atoms with Crippen LogP contribution in [-0.2, 0) is 9.53 Å². The zero-order chi connectivity index (χ0) is 16.7. The summed E-state index contributed by atoms with van der Waals surface area (Å²) in [6, 6.07) is 7.13. The molecule has 1 N–H and O–H groups in total. The molecule has 1 atom stereocenters. The zero-order valence-corrected chi connectivity index (χ0v) is 13.7. The molecular formula is C17H24N2O4. The number of amides is 2. The van der Waals surface area contributed by atoms with Crippen LogP contribution in [0.4, 0.5) is 0 Å². The highest BCUT2D eigenvalue weighted by atomic mass is 16.5. The molecule has 6 heteroatoms. The standard InChI is InChI=1S/C17H24N2O4/c1-3-22-10-11-23-15-7-5-4-6-14(15)17(21)18-13-8-9-16(20)19(2)12-13/h4-7,13H,3,8-12H2,1-2H3,(H,18,21). The molecule has 0 aromatic heterocycles. The van der Waals surface area contributed by atoms with Crippen molar-refractivity contribution in [2.45, 2.75) is 25.8 Å². The van der Waals surface area contributed by atoms with Crippen molar-refractivity contribution in [1.29, 1.82) is 0 Å². The number of rotatable bonds is 7. The Morgan fingerprint density at radius 1 is 1.35 bits per heavy atom. The van der Waals surface area contributed by atoms with Crippen molar-refractivity contribution in [2.75, 3.05) is 33.4 Å². The lowest BCUT2D eigenvalue weighted by atomic mass is 10.0. The molecule has 6 nitrogen and oxygen atoms in total. The van der Waals surface area contributed by atoms with Gasteiger partial charge in [-0.15, -0.1) is 0 Å². The van der Waals surface area contributed by atoms with E-state index in [1.807, 2.05) is 13.0 Å². The van der Waals surface area contributed by atoms with Gasteiger partial charge in [-0.05, 0) is 25.5 Å². The van der Waals surface area contributed by atoms with E-state index < -0.39 is 0 Å². The largest absolute Gasteiger partial charge is 0.490 e. The van der Waals surface area contributed by atoms with Crippen molar-refractivity contribution >= 4 is 11.8 Å². The molecule has 1 saturated heterocycles. The van der Waals surface area contributed by atoms with Crippen molar-refractivity contribution in [1.82, 2.24) is 10.2 Å². The maximum Gasteiger partial charge on any atom is 0.255 e. The van der Waals surface area contributed by atoms with Crippen LogP contribution in [0.5, 0.6) is 5.75 Å². The number of hydrogen-bond donors (Lipinski definition) is 1. The van der Waals surface area contributed by atoms with Crippen LogP contribution >= 0.6 is 0 Å². The third-order valence-corrected chi connectivity index (χ3v) is 3.78. The van der Waals surface area contributed by atoms with E-state index in [0.29, 0.717) is 50.5 Å². The van der Waals surface area contributed by atoms with Gasteiger partial charge in [0.15, 0.2) is 0 Å². The summed E-state index contributed by atoms with van der Waals surface area (Å²) in [7, 11) is 1.76. The highest BCUT2D eigenvalue weighted by Crippen LogP contribution is 2.19. The zero-order valence-electron chi connectivity index (χ0n) is 13.7. The minimum absolute atomic E-state index is 0.0262. The molecule has 1 aromatic rings. The number of hydrogen-bond acceptors (Lipinski definition) is 4. The van der Waals surface area contributed by atoms with E-state index in [2.05, 4.69) is 5.32 Å². The molecule has 126 valence electrons. The Balaban J connectivity index is 1.95. The van der Waals surface area contributed by atoms with E-state index in [1.165, 1.54) is 0 Å².